The number of thioether (sulfide) groups is 1. The van der Waals surface area contributed by atoms with Crippen LogP contribution in [0.2, 0.25) is 0 Å². The number of rotatable bonds is 23. The minimum absolute atomic E-state index is 0.104. The van der Waals surface area contributed by atoms with Gasteiger partial charge in [0, 0.05) is 62.6 Å². The first-order valence-electron chi connectivity index (χ1n) is 43.6. The molecule has 0 saturated carbocycles. The van der Waals surface area contributed by atoms with Crippen molar-refractivity contribution in [3.63, 3.8) is 0 Å². The molecule has 1 aliphatic heterocycles. The van der Waals surface area contributed by atoms with Crippen molar-refractivity contribution in [1.82, 2.24) is 83.9 Å². The van der Waals surface area contributed by atoms with E-state index in [4.69, 9.17) is 11.5 Å². The number of halogens is 2. The van der Waals surface area contributed by atoms with Crippen LogP contribution >= 0.6 is 43.6 Å². The van der Waals surface area contributed by atoms with E-state index in [2.05, 4.69) is 106 Å². The van der Waals surface area contributed by atoms with E-state index >= 15 is 28.8 Å². The molecule has 724 valence electrons. The van der Waals surface area contributed by atoms with E-state index in [-0.39, 0.29) is 58.3 Å². The molecule has 17 amide bonds. The second kappa shape index (κ2) is 51.4. The van der Waals surface area contributed by atoms with Crippen LogP contribution < -0.4 is 80.6 Å². The van der Waals surface area contributed by atoms with Crippen molar-refractivity contribution >= 4 is 161 Å². The van der Waals surface area contributed by atoms with Crippen LogP contribution in [0.25, 0.3) is 22.0 Å². The number of benzene rings is 5. The summed E-state index contributed by atoms with van der Waals surface area (Å²) in [6.45, 7) is 13.7. The lowest BCUT2D eigenvalue weighted by atomic mass is 9.97. The number of hydrogen-bond donors (Lipinski definition) is 19. The average molecular weight is 2010 g/mol. The molecular weight excluding hydrogens is 1880 g/mol. The quantitative estimate of drug-likeness (QED) is 0.0424. The van der Waals surface area contributed by atoms with Crippen LogP contribution in [-0.2, 0) is 112 Å². The lowest BCUT2D eigenvalue weighted by Crippen LogP contribution is -2.61. The lowest BCUT2D eigenvalue weighted by molar-refractivity contribution is -0.147. The fourth-order valence-electron chi connectivity index (χ4n) is 14.5. The Balaban J connectivity index is 1.32. The lowest BCUT2D eigenvalue weighted by Gasteiger charge is -2.33. The first-order chi connectivity index (χ1) is 63.2. The van der Waals surface area contributed by atoms with Crippen molar-refractivity contribution in [2.75, 3.05) is 38.8 Å². The van der Waals surface area contributed by atoms with Crippen molar-refractivity contribution in [3.8, 4) is 16.9 Å². The number of phenols is 1. The van der Waals surface area contributed by atoms with Crippen molar-refractivity contribution in [3.05, 3.63) is 159 Å². The number of nitrogens with two attached hydrogens (primary N) is 2. The molecule has 0 unspecified atom stereocenters. The number of amides is 17. The number of aromatic amines is 1. The molecule has 42 heteroatoms. The highest BCUT2D eigenvalue weighted by Crippen LogP contribution is 2.34. The van der Waals surface area contributed by atoms with Crippen LogP contribution in [0.4, 0.5) is 0 Å². The highest BCUT2D eigenvalue weighted by molar-refractivity contribution is 9.11. The smallest absolute Gasteiger partial charge is 0.305 e. The number of likely N-dealkylation sites (N-methyl/N-ethyl adjacent to an activating group) is 2. The maximum absolute atomic E-state index is 15.5. The molecule has 21 N–H and O–H groups in total. The van der Waals surface area contributed by atoms with Crippen molar-refractivity contribution in [2.45, 2.75) is 205 Å². The molecule has 0 bridgehead atoms. The fourth-order valence-corrected chi connectivity index (χ4v) is 16.6. The number of aliphatic hydroxyl groups excluding tert-OH is 1. The van der Waals surface area contributed by atoms with Crippen LogP contribution in [0, 0.1) is 23.7 Å². The van der Waals surface area contributed by atoms with Gasteiger partial charge in [-0.25, -0.2) is 0 Å². The molecule has 14 atom stereocenters. The van der Waals surface area contributed by atoms with Gasteiger partial charge in [0.1, 0.15) is 90.3 Å². The van der Waals surface area contributed by atoms with Gasteiger partial charge >= 0.3 is 5.97 Å². The summed E-state index contributed by atoms with van der Waals surface area (Å²) in [4.78, 5) is 264. The first-order valence-corrected chi connectivity index (χ1v) is 46.3. The molecule has 1 aromatic heterocycles. The Hall–Kier alpha value is -12.8. The third kappa shape index (κ3) is 32.8. The van der Waals surface area contributed by atoms with Crippen molar-refractivity contribution in [1.29, 1.82) is 0 Å². The van der Waals surface area contributed by atoms with E-state index in [1.807, 2.05) is 30.3 Å². The second-order valence-corrected chi connectivity index (χ2v) is 37.2. The van der Waals surface area contributed by atoms with Gasteiger partial charge in [-0.2, -0.15) is 0 Å². The van der Waals surface area contributed by atoms with E-state index < -0.39 is 253 Å². The van der Waals surface area contributed by atoms with E-state index in [0.29, 0.717) is 39.4 Å². The molecule has 5 aromatic carbocycles. The summed E-state index contributed by atoms with van der Waals surface area (Å²) in [6.07, 6.45) is -2.08. The van der Waals surface area contributed by atoms with Crippen LogP contribution in [0.3, 0.4) is 0 Å². The Morgan fingerprint density at radius 1 is 0.478 bits per heavy atom. The van der Waals surface area contributed by atoms with Crippen LogP contribution in [0.15, 0.2) is 136 Å². The summed E-state index contributed by atoms with van der Waals surface area (Å²) in [5.41, 5.74) is 15.0. The molecular formula is C92H120Br2N18O21S. The number of primary amides is 2. The molecule has 7 rings (SSSR count). The van der Waals surface area contributed by atoms with Crippen molar-refractivity contribution < 1.29 is 102 Å². The number of aliphatic hydroxyl groups is 1. The second-order valence-electron chi connectivity index (χ2n) is 34.5. The minimum atomic E-state index is -2.09. The number of aromatic hydroxyl groups is 1. The number of aliphatic carboxylic acids is 1. The fraction of sp³-hybridized carbons (Fsp3) is 0.457. The van der Waals surface area contributed by atoms with Gasteiger partial charge in [-0.05, 0) is 134 Å². The van der Waals surface area contributed by atoms with Gasteiger partial charge in [0.2, 0.25) is 100 Å². The molecule has 134 heavy (non-hydrogen) atoms. The molecule has 1 fully saturated rings. The summed E-state index contributed by atoms with van der Waals surface area (Å²) in [5.74, 6) is -23.0. The normalized spacial score (nSPS) is 23.0. The number of nitrogens with one attached hydrogen (secondary N) is 14. The number of aromatic nitrogens is 1. The average Bonchev–Trinajstić information content (AvgIpc) is 1.57. The summed E-state index contributed by atoms with van der Waals surface area (Å²) < 4.78 is 0.208. The Morgan fingerprint density at radius 2 is 0.903 bits per heavy atom. The number of carboxylic acid groups (broad SMARTS) is 1. The van der Waals surface area contributed by atoms with E-state index in [9.17, 15) is 72.9 Å². The number of H-pyrrole nitrogens is 1. The first kappa shape index (κ1) is 108. The van der Waals surface area contributed by atoms with E-state index in [1.54, 1.807) is 127 Å². The Labute approximate surface area is 796 Å². The third-order valence-corrected chi connectivity index (χ3v) is 24.2. The number of phenolic OH excluding ortho intramolecular Hbond substituents is 1. The highest BCUT2D eigenvalue weighted by atomic mass is 79.9. The molecule has 2 heterocycles. The van der Waals surface area contributed by atoms with Gasteiger partial charge in [-0.3, -0.25) is 86.3 Å². The van der Waals surface area contributed by atoms with E-state index in [0.717, 1.165) is 20.9 Å². The minimum Gasteiger partial charge on any atom is -0.506 e. The zero-order valence-electron chi connectivity index (χ0n) is 76.4. The molecule has 0 spiro atoms. The van der Waals surface area contributed by atoms with E-state index in [1.165, 1.54) is 53.9 Å². The molecule has 0 radical (unpaired) electrons. The highest BCUT2D eigenvalue weighted by Gasteiger charge is 2.41. The Kier molecular flexibility index (Phi) is 41.5. The zero-order chi connectivity index (χ0) is 99.2. The molecule has 39 nitrogen and oxygen atoms in total. The van der Waals surface area contributed by atoms with Crippen LogP contribution in [-0.4, -0.2) is 260 Å². The Bertz CT molecular complexity index is 5200. The summed E-state index contributed by atoms with van der Waals surface area (Å²) in [6, 6.07) is 11.2. The topological polar surface area (TPSA) is 599 Å². The molecule has 1 aliphatic rings. The maximum atomic E-state index is 15.5. The maximum Gasteiger partial charge on any atom is 0.305 e. The zero-order valence-corrected chi connectivity index (χ0v) is 80.4. The van der Waals surface area contributed by atoms with Crippen LogP contribution in [0.5, 0.6) is 5.75 Å². The molecule has 1 saturated heterocycles. The third-order valence-electron chi connectivity index (χ3n) is 22.0. The number of carboxylic acids is 1. The summed E-state index contributed by atoms with van der Waals surface area (Å²) >= 11 is 7.27. The summed E-state index contributed by atoms with van der Waals surface area (Å²) in [5, 5.41) is 65.9. The van der Waals surface area contributed by atoms with Gasteiger partial charge in [0.15, 0.2) is 0 Å². The number of para-hydroxylation sites is 1. The number of nitrogens with zero attached hydrogens (tertiary/aromatic N) is 2. The monoisotopic (exact) mass is 2000 g/mol. The Morgan fingerprint density at radius 3 is 1.43 bits per heavy atom. The SMILES string of the molecule is CC(C)C[C@@H]1NC(=O)[C@H](Cc2c[nH]c3ccccc23)NC(=O)[C@H](CC(=O)O)NC(=O)[C@H](Cc2cc(Br)c(O)c(Br)c2)NC(=O)[C@H](Cc2ccccc2)NC(=O)CSC[C@@H](C(=O)N[C@@H](C)C(N)=O)NC(=O)[C@H](CO)NC(=O)[C@H](C(C)C)NC(=O)[C@H](CC(C)C)NC(=O)[C@H](CC(N)=O)NC(=O)CN(C)C(=O)[C@H](C)N(C)C(=O)[C@H](C(C)C)NC(=O)[C@H](Cc2ccc(-c3ccccc3)cc2)NC1=O. The van der Waals surface area contributed by atoms with Gasteiger partial charge in [-0.1, -0.05) is 159 Å². The standard InChI is InChI=1S/C92H120Br2N18O21S/c1-46(2)31-62-80(121)103-65(36-53-27-29-56(30-28-53)55-23-17-14-18-24-55)87(128)110-77(49(7)8)92(133)112(12)51(10)91(132)111(11)42-73(115)99-68(39-72(95)114)84(125)102-63(32-47(3)4)86(127)109-76(48(5)6)90(131)107-70(43-113)88(129)108-71(89(130)98-50(9)79(96)120)44-134-45-74(116)100-64(35-52-21-15-13-16-22-52)81(122)104-66(37-54-33-59(93)78(119)60(94)34-54)82(123)106-69(40-75(117)118)85(126)105-67(83(124)101-62)38-57-41-97-61-26-20-19-25-58(57)61/h13-30,33-34,41,46-51,62-71,76-77,97,113,119H,31-32,35-40,42-45H2,1-12H3,(H2,95,114)(H2,96,120)(H,98,130)(H,99,115)(H,100,116)(H,101,124)(H,102,125)(H,103,121)(H,104,122)(H,105,126)(H,106,123)(H,107,131)(H,108,129)(H,109,127)(H,110,128)(H,117,118)/t50-,51-,62-,63-,64-,65-,66-,67-,68-,69-,70-,71-,76-,77-/m0/s1. The molecule has 0 aliphatic carbocycles. The number of hydrogen-bond acceptors (Lipinski definition) is 21. The number of carbonyl (C=O) groups excluding carboxylic acids is 17. The number of fused-ring (bicyclic) bond motifs is 1. The van der Waals surface area contributed by atoms with Gasteiger partial charge in [0.25, 0.3) is 0 Å². The van der Waals surface area contributed by atoms with Crippen molar-refractivity contribution in [2.24, 2.45) is 35.1 Å². The predicted molar refractivity (Wildman–Crippen MR) is 504 cm³/mol. The van der Waals surface area contributed by atoms with Gasteiger partial charge in [0.05, 0.1) is 40.7 Å². The summed E-state index contributed by atoms with van der Waals surface area (Å²) in [7, 11) is 2.47. The van der Waals surface area contributed by atoms with Gasteiger partial charge < -0.3 is 111 Å². The predicted octanol–water partition coefficient (Wildman–Crippen LogP) is 0.942. The van der Waals surface area contributed by atoms with Gasteiger partial charge in [-0.15, -0.1) is 11.8 Å². The largest absolute Gasteiger partial charge is 0.506 e. The van der Waals surface area contributed by atoms with Crippen LogP contribution in [0.1, 0.15) is 117 Å². The number of carbonyl (C=O) groups is 18. The molecule has 6 aromatic rings.